The van der Waals surface area contributed by atoms with E-state index in [1.54, 1.807) is 0 Å². The summed E-state index contributed by atoms with van der Waals surface area (Å²) in [7, 11) is 0. The van der Waals surface area contributed by atoms with E-state index in [1.807, 2.05) is 0 Å². The molecule has 4 amide bonds. The molecular formula is C29H40FeN9O18S2. The van der Waals surface area contributed by atoms with Gasteiger partial charge < -0.3 is 63.1 Å². The van der Waals surface area contributed by atoms with Crippen molar-refractivity contribution in [3.05, 3.63) is 61.5 Å². The van der Waals surface area contributed by atoms with Crippen molar-refractivity contribution in [2.75, 3.05) is 24.6 Å². The number of phenols is 1. The molecule has 1 aromatic carbocycles. The number of aliphatic carboxylic acids is 4. The molecule has 0 aromatic heterocycles. The summed E-state index contributed by atoms with van der Waals surface area (Å²) in [6.45, 7) is -1.15. The fourth-order valence-electron chi connectivity index (χ4n) is 3.60. The standard InChI is InChI=1S/2C10H16N3O6S.C9H8N3O6.Fe/c2*11-5(10(18)19)1-2-7(14)13-6(4-20)9(17)12-3-8(15)16;13-6-8(10(11(15)16)12(17)18)5-7-1-3-9(14)4-2-7;/h2*5-6,11,20H,1-4H2,(H,12,17)(H,13,14)(H,15,16)(H,18,19);1-4,8,14H,5H2;/q3*-1;+3/t2*5-,6-;8-;/m000./s1. The summed E-state index contributed by atoms with van der Waals surface area (Å²) in [5.74, 6) is -7.81. The SMILES string of the molecule is O=[C-][C@H](Cc1ccc(O)cc1)N([N+](=O)[O-])[N+](=O)[O-].[Fe+3].[NH-][C@@H](CCC(=O)N[C@@H](CS)C(=O)NCC(=O)O)C(=O)O.[NH-][C@@H](CCC(=O)N[C@@H](CS)C(=O)NCC(=O)O)C(=O)O. The third kappa shape index (κ3) is 26.7. The number of aromatic hydroxyl groups is 1. The number of thiol groups is 2. The molecule has 0 saturated carbocycles. The van der Waals surface area contributed by atoms with Crippen LogP contribution in [0.3, 0.4) is 0 Å². The van der Waals surface area contributed by atoms with E-state index >= 15 is 0 Å². The quantitative estimate of drug-likeness (QED) is 0.0173. The average Bonchev–Trinajstić information content (AvgIpc) is 3.15. The molecule has 1 radical (unpaired) electrons. The van der Waals surface area contributed by atoms with Gasteiger partial charge in [-0.05, 0) is 36.2 Å². The molecule has 0 aliphatic rings. The van der Waals surface area contributed by atoms with Crippen LogP contribution in [0.25, 0.3) is 11.5 Å². The third-order valence-electron chi connectivity index (χ3n) is 6.53. The smallest absolute Gasteiger partial charge is 0.665 e. The number of hydrogen-bond donors (Lipinski definition) is 11. The maximum atomic E-state index is 11.5. The zero-order chi connectivity index (χ0) is 45.1. The predicted molar refractivity (Wildman–Crippen MR) is 200 cm³/mol. The molecule has 0 aliphatic carbocycles. The number of rotatable bonds is 24. The first-order chi connectivity index (χ1) is 27.0. The number of carboxylic acids is 4. The molecule has 0 heterocycles. The van der Waals surface area contributed by atoms with E-state index in [0.29, 0.717) is 5.56 Å². The van der Waals surface area contributed by atoms with Gasteiger partial charge in [-0.25, -0.2) is 26.5 Å². The van der Waals surface area contributed by atoms with Crippen molar-refractivity contribution < 1.29 is 95.8 Å². The molecule has 0 unspecified atom stereocenters. The number of hydrogen-bond acceptors (Lipinski definition) is 16. The Morgan fingerprint density at radius 2 is 1.08 bits per heavy atom. The molecule has 0 spiro atoms. The molecular weight excluding hydrogens is 882 g/mol. The summed E-state index contributed by atoms with van der Waals surface area (Å²) in [5.41, 5.74) is 14.6. The minimum Gasteiger partial charge on any atom is -0.665 e. The summed E-state index contributed by atoms with van der Waals surface area (Å²) in [4.78, 5) is 119. The predicted octanol–water partition coefficient (Wildman–Crippen LogP) is -2.13. The van der Waals surface area contributed by atoms with Crippen molar-refractivity contribution in [2.24, 2.45) is 0 Å². The Balaban J connectivity index is -0.000000791. The summed E-state index contributed by atoms with van der Waals surface area (Å²) < 4.78 is 0. The monoisotopic (exact) mass is 922 g/mol. The van der Waals surface area contributed by atoms with Crippen molar-refractivity contribution in [3.63, 3.8) is 0 Å². The first kappa shape index (κ1) is 57.5. The number of benzene rings is 1. The summed E-state index contributed by atoms with van der Waals surface area (Å²) >= 11 is 7.72. The Labute approximate surface area is 354 Å². The molecule has 329 valence electrons. The van der Waals surface area contributed by atoms with E-state index in [2.05, 4.69) is 46.5 Å². The normalized spacial score (nSPS) is 12.4. The van der Waals surface area contributed by atoms with E-state index < -0.39 is 106 Å². The topological polar surface area (TPSA) is 440 Å². The number of nitrogens with zero attached hydrogens (tertiary/aromatic N) is 3. The van der Waals surface area contributed by atoms with Crippen molar-refractivity contribution in [1.29, 1.82) is 0 Å². The van der Waals surface area contributed by atoms with Crippen LogP contribution < -0.4 is 21.3 Å². The number of carboxylic acid groups (broad SMARTS) is 4. The Morgan fingerprint density at radius 1 is 0.729 bits per heavy atom. The zero-order valence-electron chi connectivity index (χ0n) is 30.2. The minimum absolute atomic E-state index is 0. The molecule has 0 saturated heterocycles. The van der Waals surface area contributed by atoms with E-state index in [0.717, 1.165) is 0 Å². The van der Waals surface area contributed by atoms with E-state index in [-0.39, 0.29) is 66.4 Å². The molecule has 0 fully saturated rings. The van der Waals surface area contributed by atoms with Crippen LogP contribution in [0.15, 0.2) is 24.3 Å². The Kier molecular flexibility index (Phi) is 30.4. The Morgan fingerprint density at radius 3 is 1.36 bits per heavy atom. The molecule has 5 atom stereocenters. The molecule has 11 N–H and O–H groups in total. The van der Waals surface area contributed by atoms with Gasteiger partial charge >= 0.3 is 29.0 Å². The maximum Gasteiger partial charge on any atom is 3.00 e. The second-order valence-electron chi connectivity index (χ2n) is 11.0. The van der Waals surface area contributed by atoms with Gasteiger partial charge in [-0.15, -0.1) is 0 Å². The van der Waals surface area contributed by atoms with Gasteiger partial charge in [0.1, 0.15) is 36.0 Å². The van der Waals surface area contributed by atoms with Gasteiger partial charge in [-0.2, -0.15) is 25.3 Å². The van der Waals surface area contributed by atoms with Crippen molar-refractivity contribution in [3.8, 4) is 5.75 Å². The first-order valence-electron chi connectivity index (χ1n) is 15.9. The molecule has 59 heavy (non-hydrogen) atoms. The van der Waals surface area contributed by atoms with Crippen LogP contribution in [0.2, 0.25) is 0 Å². The molecule has 0 aliphatic heterocycles. The summed E-state index contributed by atoms with van der Waals surface area (Å²) in [6, 6.07) is -1.07. The van der Waals surface area contributed by atoms with Gasteiger partial charge in [0.25, 0.3) is 11.9 Å². The van der Waals surface area contributed by atoms with Gasteiger partial charge in [0.2, 0.25) is 33.7 Å². The number of hydrazine groups is 2. The second kappa shape index (κ2) is 31.2. The Hall–Kier alpha value is -5.81. The summed E-state index contributed by atoms with van der Waals surface area (Å²) in [6.07, 6.45) is 0.183. The van der Waals surface area contributed by atoms with Gasteiger partial charge in [0.15, 0.2) is 0 Å². The molecule has 27 nitrogen and oxygen atoms in total. The number of carbonyl (C=O) groups excluding carboxylic acids is 5. The zero-order valence-corrected chi connectivity index (χ0v) is 33.1. The van der Waals surface area contributed by atoms with Gasteiger partial charge in [-0.1, -0.05) is 25.0 Å². The van der Waals surface area contributed by atoms with Crippen LogP contribution >= 0.6 is 25.3 Å². The van der Waals surface area contributed by atoms with Crippen molar-refractivity contribution >= 4 is 79.0 Å². The van der Waals surface area contributed by atoms with Gasteiger partial charge in [0, 0.05) is 24.3 Å². The van der Waals surface area contributed by atoms with Crippen molar-refractivity contribution in [1.82, 2.24) is 26.4 Å². The Bertz CT molecular complexity index is 1530. The number of amides is 4. The number of phenolic OH excluding ortho intramolecular Hbond substituents is 1. The van der Waals surface area contributed by atoms with Gasteiger partial charge in [-0.3, -0.25) is 38.4 Å². The van der Waals surface area contributed by atoms with Crippen LogP contribution in [-0.4, -0.2) is 149 Å². The second-order valence-corrected chi connectivity index (χ2v) is 11.7. The number of carbonyl (C=O) groups is 8. The first-order valence-corrected chi connectivity index (χ1v) is 17.2. The van der Waals surface area contributed by atoms with Crippen LogP contribution in [-0.2, 0) is 66.6 Å². The molecule has 0 bridgehead atoms. The molecule has 1 aromatic rings. The van der Waals surface area contributed by atoms with E-state index in [1.165, 1.54) is 30.6 Å². The third-order valence-corrected chi connectivity index (χ3v) is 7.26. The van der Waals surface area contributed by atoms with Crippen molar-refractivity contribution in [2.45, 2.75) is 62.3 Å². The van der Waals surface area contributed by atoms with Crippen LogP contribution in [0, 0.1) is 20.2 Å². The molecule has 1 rings (SSSR count). The average molecular weight is 923 g/mol. The van der Waals surface area contributed by atoms with Crippen LogP contribution in [0.4, 0.5) is 0 Å². The minimum atomic E-state index is -1.64. The number of nitrogens with one attached hydrogen (secondary N) is 6. The largest absolute Gasteiger partial charge is 3.00 e. The number of nitro groups is 2. The van der Waals surface area contributed by atoms with E-state index in [9.17, 15) is 63.4 Å². The maximum absolute atomic E-state index is 11.5. The summed E-state index contributed by atoms with van der Waals surface area (Å²) in [5, 5.41) is 69.5. The van der Waals surface area contributed by atoms with Crippen LogP contribution in [0.5, 0.6) is 5.75 Å². The van der Waals surface area contributed by atoms with Gasteiger partial charge in [0.05, 0.1) is 6.04 Å². The fraction of sp³-hybridized carbons (Fsp3) is 0.483. The van der Waals surface area contributed by atoms with E-state index in [4.69, 9.17) is 37.0 Å². The fourth-order valence-corrected chi connectivity index (χ4v) is 4.12. The van der Waals surface area contributed by atoms with Crippen LogP contribution in [0.1, 0.15) is 31.2 Å². The molecule has 30 heteroatoms.